The smallest absolute Gasteiger partial charge is 0.220 e. The first-order valence-electron chi connectivity index (χ1n) is 7.20. The fraction of sp³-hybridized carbons (Fsp3) is 0.533. The fourth-order valence-corrected chi connectivity index (χ4v) is 3.19. The van der Waals surface area contributed by atoms with Crippen LogP contribution in [0, 0.1) is 11.3 Å². The first-order valence-corrected chi connectivity index (χ1v) is 8.76. The zero-order chi connectivity index (χ0) is 15.2. The first-order chi connectivity index (χ1) is 10.2. The fourth-order valence-electron chi connectivity index (χ4n) is 2.78. The van der Waals surface area contributed by atoms with Crippen LogP contribution in [0.2, 0.25) is 0 Å². The second-order valence-corrected chi connectivity index (χ2v) is 6.35. The van der Waals surface area contributed by atoms with E-state index in [0.717, 1.165) is 30.8 Å². The molecule has 0 N–H and O–H groups in total. The molecular weight excluding hydrogens is 284 g/mol. The Morgan fingerprint density at radius 3 is 2.81 bits per heavy atom. The number of nitrogens with zero attached hydrogens (tertiary/aromatic N) is 4. The number of hydrogen-bond donors (Lipinski definition) is 0. The van der Waals surface area contributed by atoms with Gasteiger partial charge in [0.2, 0.25) is 5.16 Å². The van der Waals surface area contributed by atoms with Crippen molar-refractivity contribution in [1.82, 2.24) is 9.97 Å². The van der Waals surface area contributed by atoms with Crippen LogP contribution < -0.4 is 4.90 Å². The Kier molecular flexibility index (Phi) is 5.45. The number of hydrogen-bond acceptors (Lipinski definition) is 5. The van der Waals surface area contributed by atoms with Crippen LogP contribution in [0.15, 0.2) is 17.4 Å². The molecular formula is C15H20N4OS. The zero-order valence-electron chi connectivity index (χ0n) is 12.5. The molecule has 6 heteroatoms. The predicted octanol–water partition coefficient (Wildman–Crippen LogP) is 2.52. The van der Waals surface area contributed by atoms with Gasteiger partial charge in [-0.3, -0.25) is 4.21 Å². The maximum Gasteiger partial charge on any atom is 0.220 e. The Morgan fingerprint density at radius 2 is 2.24 bits per heavy atom. The molecule has 1 aliphatic rings. The Bertz CT molecular complexity index is 588. The van der Waals surface area contributed by atoms with Crippen LogP contribution in [0.4, 0.5) is 5.82 Å². The van der Waals surface area contributed by atoms with Crippen LogP contribution in [0.5, 0.6) is 0 Å². The maximum absolute atomic E-state index is 11.7. The number of anilines is 1. The van der Waals surface area contributed by atoms with Gasteiger partial charge in [0.15, 0.2) is 0 Å². The van der Waals surface area contributed by atoms with Gasteiger partial charge in [0.05, 0.1) is 16.9 Å². The van der Waals surface area contributed by atoms with Gasteiger partial charge in [-0.25, -0.2) is 9.97 Å². The van der Waals surface area contributed by atoms with E-state index in [1.54, 1.807) is 18.5 Å². The lowest BCUT2D eigenvalue weighted by molar-refractivity contribution is 0.607. The molecule has 1 aliphatic carbocycles. The lowest BCUT2D eigenvalue weighted by atomic mass is 10.2. The van der Waals surface area contributed by atoms with Gasteiger partial charge in [-0.15, -0.1) is 0 Å². The Balaban J connectivity index is 2.45. The largest absolute Gasteiger partial charge is 0.353 e. The number of nitriles is 1. The monoisotopic (exact) mass is 304 g/mol. The van der Waals surface area contributed by atoms with Crippen molar-refractivity contribution in [3.05, 3.63) is 17.8 Å². The molecule has 1 atom stereocenters. The highest BCUT2D eigenvalue weighted by molar-refractivity contribution is 7.84. The normalized spacial score (nSPS) is 17.0. The third-order valence-corrected chi connectivity index (χ3v) is 4.46. The number of rotatable bonds is 5. The van der Waals surface area contributed by atoms with Gasteiger partial charge in [-0.2, -0.15) is 5.26 Å². The summed E-state index contributed by atoms with van der Waals surface area (Å²) in [5.74, 6) is 0.788. The van der Waals surface area contributed by atoms with Gasteiger partial charge in [-0.05, 0) is 25.8 Å². The van der Waals surface area contributed by atoms with Gasteiger partial charge in [-0.1, -0.05) is 12.8 Å². The molecule has 21 heavy (non-hydrogen) atoms. The van der Waals surface area contributed by atoms with E-state index < -0.39 is 10.8 Å². The molecule has 1 heterocycles. The van der Waals surface area contributed by atoms with Crippen LogP contribution in [0.25, 0.3) is 6.08 Å². The van der Waals surface area contributed by atoms with Gasteiger partial charge in [0.25, 0.3) is 0 Å². The summed E-state index contributed by atoms with van der Waals surface area (Å²) in [6.07, 6.45) is 11.2. The quantitative estimate of drug-likeness (QED) is 0.617. The molecule has 5 nitrogen and oxygen atoms in total. The third-order valence-electron chi connectivity index (χ3n) is 3.75. The molecule has 1 fully saturated rings. The molecule has 0 saturated heterocycles. The molecule has 1 saturated carbocycles. The summed E-state index contributed by atoms with van der Waals surface area (Å²) in [5.41, 5.74) is 0.805. The summed E-state index contributed by atoms with van der Waals surface area (Å²) < 4.78 is 11.7. The van der Waals surface area contributed by atoms with E-state index in [9.17, 15) is 4.21 Å². The minimum Gasteiger partial charge on any atom is -0.353 e. The minimum absolute atomic E-state index is 0.343. The summed E-state index contributed by atoms with van der Waals surface area (Å²) in [7, 11) is -1.21. The Morgan fingerprint density at radius 1 is 1.52 bits per heavy atom. The highest BCUT2D eigenvalue weighted by Gasteiger charge is 2.24. The van der Waals surface area contributed by atoms with Crippen molar-refractivity contribution in [2.24, 2.45) is 0 Å². The van der Waals surface area contributed by atoms with Crippen LogP contribution in [-0.2, 0) is 10.8 Å². The molecule has 0 bridgehead atoms. The maximum atomic E-state index is 11.7. The van der Waals surface area contributed by atoms with E-state index in [4.69, 9.17) is 5.26 Å². The summed E-state index contributed by atoms with van der Waals surface area (Å²) in [6, 6.07) is 2.46. The molecule has 0 radical (unpaired) electrons. The Hall–Kier alpha value is -1.74. The molecule has 0 amide bonds. The molecule has 2 rings (SSSR count). The summed E-state index contributed by atoms with van der Waals surface area (Å²) >= 11 is 0. The van der Waals surface area contributed by atoms with Crippen molar-refractivity contribution in [3.63, 3.8) is 0 Å². The van der Waals surface area contributed by atoms with Gasteiger partial charge >= 0.3 is 0 Å². The predicted molar refractivity (Wildman–Crippen MR) is 84.3 cm³/mol. The van der Waals surface area contributed by atoms with E-state index in [-0.39, 0.29) is 0 Å². The van der Waals surface area contributed by atoms with Crippen LogP contribution >= 0.6 is 0 Å². The van der Waals surface area contributed by atoms with Crippen molar-refractivity contribution in [2.45, 2.75) is 43.8 Å². The van der Waals surface area contributed by atoms with Crippen molar-refractivity contribution in [1.29, 1.82) is 5.26 Å². The first kappa shape index (κ1) is 15.6. The third kappa shape index (κ3) is 3.67. The summed E-state index contributed by atoms with van der Waals surface area (Å²) in [5, 5.41) is 9.07. The van der Waals surface area contributed by atoms with E-state index >= 15 is 0 Å². The average molecular weight is 304 g/mol. The summed E-state index contributed by atoms with van der Waals surface area (Å²) in [6.45, 7) is 2.94. The minimum atomic E-state index is -1.21. The molecule has 0 aromatic carbocycles. The van der Waals surface area contributed by atoms with Gasteiger partial charge in [0.1, 0.15) is 5.82 Å². The Labute approximate surface area is 128 Å². The molecule has 0 spiro atoms. The SMILES string of the molecule is CCN(c1nc(S(C)=O)ncc1/C=C/C#N)C1CCCC1. The second kappa shape index (κ2) is 7.32. The van der Waals surface area contributed by atoms with E-state index in [1.165, 1.54) is 18.9 Å². The summed E-state index contributed by atoms with van der Waals surface area (Å²) in [4.78, 5) is 10.9. The van der Waals surface area contributed by atoms with Crippen molar-refractivity contribution in [2.75, 3.05) is 17.7 Å². The van der Waals surface area contributed by atoms with Gasteiger partial charge in [0, 0.05) is 36.7 Å². The van der Waals surface area contributed by atoms with Gasteiger partial charge < -0.3 is 4.90 Å². The van der Waals surface area contributed by atoms with Crippen molar-refractivity contribution in [3.8, 4) is 6.07 Å². The number of aromatic nitrogens is 2. The highest BCUT2D eigenvalue weighted by atomic mass is 32.2. The highest BCUT2D eigenvalue weighted by Crippen LogP contribution is 2.29. The van der Waals surface area contributed by atoms with Crippen molar-refractivity contribution < 1.29 is 4.21 Å². The molecule has 1 aromatic rings. The second-order valence-electron chi connectivity index (χ2n) is 5.07. The van der Waals surface area contributed by atoms with Crippen LogP contribution in [0.3, 0.4) is 0 Å². The van der Waals surface area contributed by atoms with E-state index in [0.29, 0.717) is 11.2 Å². The molecule has 1 unspecified atom stereocenters. The van der Waals surface area contributed by atoms with E-state index in [1.807, 2.05) is 6.07 Å². The topological polar surface area (TPSA) is 69.9 Å². The van der Waals surface area contributed by atoms with Crippen LogP contribution in [0.1, 0.15) is 38.2 Å². The average Bonchev–Trinajstić information content (AvgIpc) is 3.00. The standard InChI is InChI=1S/C15H20N4OS/c1-3-19(13-8-4-5-9-13)14-12(7-6-10-16)11-17-15(18-14)21(2)20/h6-7,11,13H,3-5,8-9H2,1-2H3/b7-6+. The number of allylic oxidation sites excluding steroid dienone is 1. The van der Waals surface area contributed by atoms with Crippen LogP contribution in [-0.4, -0.2) is 33.0 Å². The lowest BCUT2D eigenvalue weighted by Crippen LogP contribution is -2.34. The lowest BCUT2D eigenvalue weighted by Gasteiger charge is -2.30. The molecule has 112 valence electrons. The molecule has 0 aliphatic heterocycles. The molecule has 1 aromatic heterocycles. The van der Waals surface area contributed by atoms with E-state index in [2.05, 4.69) is 21.8 Å². The zero-order valence-corrected chi connectivity index (χ0v) is 13.3. The van der Waals surface area contributed by atoms with Crippen molar-refractivity contribution >= 4 is 22.7 Å².